The molecule has 0 saturated heterocycles. The molecule has 2 aromatic rings. The van der Waals surface area contributed by atoms with Crippen LogP contribution in [0.4, 0.5) is 0 Å². The number of aromatic nitrogens is 1. The van der Waals surface area contributed by atoms with Crippen molar-refractivity contribution in [3.05, 3.63) is 52.1 Å². The largest absolute Gasteiger partial charge is 0.467 e. The number of amides is 1. The first-order valence-corrected chi connectivity index (χ1v) is 10.7. The molecule has 1 aromatic heterocycles. The van der Waals surface area contributed by atoms with Crippen LogP contribution in [0.15, 0.2) is 39.3 Å². The summed E-state index contributed by atoms with van der Waals surface area (Å²) in [6.45, 7) is 4.35. The molecule has 3 heterocycles. The second-order valence-corrected chi connectivity index (χ2v) is 8.93. The highest BCUT2D eigenvalue weighted by Gasteiger charge is 2.23. The molecular weight excluding hydrogens is 400 g/mol. The molecule has 0 aliphatic carbocycles. The molecule has 148 valence electrons. The molecule has 0 spiro atoms. The first kappa shape index (κ1) is 19.1. The SMILES string of the molecule is CC(C)c1cnc(CSC2=COC(NC(=O)Cc3ccc4c(c3)OCO4)S2)o1. The number of ether oxygens (including phenoxy) is 3. The third-order valence-corrected chi connectivity index (χ3v) is 6.26. The molecule has 9 heteroatoms. The van der Waals surface area contributed by atoms with E-state index in [0.717, 1.165) is 15.6 Å². The first-order valence-electron chi connectivity index (χ1n) is 8.84. The van der Waals surface area contributed by atoms with Crippen molar-refractivity contribution >= 4 is 29.4 Å². The number of thioether (sulfide) groups is 2. The Bertz CT molecular complexity index is 896. The van der Waals surface area contributed by atoms with E-state index in [1.165, 1.54) is 11.8 Å². The predicted octanol–water partition coefficient (Wildman–Crippen LogP) is 3.96. The highest BCUT2D eigenvalue weighted by Crippen LogP contribution is 2.38. The molecule has 28 heavy (non-hydrogen) atoms. The zero-order chi connectivity index (χ0) is 19.5. The van der Waals surface area contributed by atoms with Gasteiger partial charge in [0, 0.05) is 5.92 Å². The topological polar surface area (TPSA) is 82.8 Å². The van der Waals surface area contributed by atoms with Gasteiger partial charge in [0.05, 0.1) is 22.6 Å². The van der Waals surface area contributed by atoms with Crippen LogP contribution in [0.5, 0.6) is 11.5 Å². The van der Waals surface area contributed by atoms with Crippen LogP contribution in [0.1, 0.15) is 37.0 Å². The monoisotopic (exact) mass is 420 g/mol. The van der Waals surface area contributed by atoms with Crippen molar-refractivity contribution < 1.29 is 23.4 Å². The molecule has 1 atom stereocenters. The molecular formula is C19H20N2O5S2. The van der Waals surface area contributed by atoms with Gasteiger partial charge in [0.2, 0.25) is 24.2 Å². The van der Waals surface area contributed by atoms with Crippen LogP contribution < -0.4 is 14.8 Å². The van der Waals surface area contributed by atoms with E-state index in [-0.39, 0.29) is 19.1 Å². The van der Waals surface area contributed by atoms with Gasteiger partial charge in [-0.05, 0) is 29.5 Å². The lowest BCUT2D eigenvalue weighted by molar-refractivity contribution is -0.122. The number of rotatable bonds is 7. The summed E-state index contributed by atoms with van der Waals surface area (Å²) in [4.78, 5) is 16.6. The summed E-state index contributed by atoms with van der Waals surface area (Å²) in [6.07, 6.45) is 3.67. The number of fused-ring (bicyclic) bond motifs is 1. The van der Waals surface area contributed by atoms with Gasteiger partial charge in [0.25, 0.3) is 0 Å². The van der Waals surface area contributed by atoms with Gasteiger partial charge in [-0.1, -0.05) is 19.9 Å². The van der Waals surface area contributed by atoms with Gasteiger partial charge in [-0.25, -0.2) is 4.98 Å². The van der Waals surface area contributed by atoms with Crippen LogP contribution >= 0.6 is 23.5 Å². The molecule has 0 saturated carbocycles. The second kappa shape index (κ2) is 8.40. The summed E-state index contributed by atoms with van der Waals surface area (Å²) in [5.74, 6) is 3.76. The number of hydrogen-bond donors (Lipinski definition) is 1. The number of nitrogens with zero attached hydrogens (tertiary/aromatic N) is 1. The van der Waals surface area contributed by atoms with Gasteiger partial charge in [0.1, 0.15) is 12.0 Å². The molecule has 1 amide bonds. The van der Waals surface area contributed by atoms with Crippen LogP contribution in [0.3, 0.4) is 0 Å². The summed E-state index contributed by atoms with van der Waals surface area (Å²) < 4.78 is 22.8. The van der Waals surface area contributed by atoms with E-state index in [1.54, 1.807) is 24.2 Å². The zero-order valence-electron chi connectivity index (χ0n) is 15.5. The molecule has 0 radical (unpaired) electrons. The quantitative estimate of drug-likeness (QED) is 0.721. The van der Waals surface area contributed by atoms with E-state index >= 15 is 0 Å². The zero-order valence-corrected chi connectivity index (χ0v) is 17.1. The van der Waals surface area contributed by atoms with Crippen LogP contribution in [0.25, 0.3) is 0 Å². The van der Waals surface area contributed by atoms with Gasteiger partial charge in [0.15, 0.2) is 11.5 Å². The Hall–Kier alpha value is -2.26. The average molecular weight is 421 g/mol. The molecule has 1 N–H and O–H groups in total. The number of oxazole rings is 1. The van der Waals surface area contributed by atoms with Crippen molar-refractivity contribution in [3.63, 3.8) is 0 Å². The van der Waals surface area contributed by atoms with Gasteiger partial charge in [-0.2, -0.15) is 0 Å². The summed E-state index contributed by atoms with van der Waals surface area (Å²) in [7, 11) is 0. The molecule has 2 aliphatic heterocycles. The van der Waals surface area contributed by atoms with Crippen molar-refractivity contribution in [2.24, 2.45) is 0 Å². The standard InChI is InChI=1S/C19H20N2O5S2/c1-11(2)15-7-20-17(26-15)9-27-18-8-23-19(28-18)21-16(22)6-12-3-4-13-14(5-12)25-10-24-13/h3-5,7-8,11,19H,6,9-10H2,1-2H3,(H,21,22). The van der Waals surface area contributed by atoms with Crippen molar-refractivity contribution in [2.75, 3.05) is 6.79 Å². The Labute approximate surface area is 171 Å². The minimum absolute atomic E-state index is 0.120. The molecule has 4 rings (SSSR count). The number of hydrogen-bond acceptors (Lipinski definition) is 8. The summed E-state index contributed by atoms with van der Waals surface area (Å²) >= 11 is 3.03. The van der Waals surface area contributed by atoms with E-state index in [9.17, 15) is 4.79 Å². The maximum Gasteiger partial charge on any atom is 0.231 e. The predicted molar refractivity (Wildman–Crippen MR) is 107 cm³/mol. The molecule has 1 unspecified atom stereocenters. The molecule has 0 bridgehead atoms. The van der Waals surface area contributed by atoms with E-state index in [1.807, 2.05) is 18.2 Å². The van der Waals surface area contributed by atoms with Crippen LogP contribution in [-0.4, -0.2) is 23.2 Å². The summed E-state index contributed by atoms with van der Waals surface area (Å²) in [6, 6.07) is 5.50. The molecule has 7 nitrogen and oxygen atoms in total. The lowest BCUT2D eigenvalue weighted by atomic mass is 10.1. The van der Waals surface area contributed by atoms with Gasteiger partial charge in [-0.15, -0.1) is 11.8 Å². The first-order chi connectivity index (χ1) is 13.6. The van der Waals surface area contributed by atoms with E-state index in [2.05, 4.69) is 24.1 Å². The Morgan fingerprint density at radius 1 is 1.36 bits per heavy atom. The van der Waals surface area contributed by atoms with E-state index in [4.69, 9.17) is 18.6 Å². The van der Waals surface area contributed by atoms with Crippen molar-refractivity contribution in [1.29, 1.82) is 0 Å². The lowest BCUT2D eigenvalue weighted by Gasteiger charge is -2.12. The maximum atomic E-state index is 12.3. The maximum absolute atomic E-state index is 12.3. The smallest absolute Gasteiger partial charge is 0.231 e. The summed E-state index contributed by atoms with van der Waals surface area (Å²) in [5.41, 5.74) is 0.428. The third kappa shape index (κ3) is 4.59. The fourth-order valence-electron chi connectivity index (χ4n) is 2.62. The molecule has 0 fully saturated rings. The van der Waals surface area contributed by atoms with E-state index in [0.29, 0.717) is 29.1 Å². The third-order valence-electron chi connectivity index (χ3n) is 4.07. The highest BCUT2D eigenvalue weighted by molar-refractivity contribution is 8.22. The average Bonchev–Trinajstić information content (AvgIpc) is 3.40. The minimum Gasteiger partial charge on any atom is -0.467 e. The summed E-state index contributed by atoms with van der Waals surface area (Å²) in [5, 5.41) is 2.87. The van der Waals surface area contributed by atoms with E-state index < -0.39 is 5.56 Å². The van der Waals surface area contributed by atoms with Crippen molar-refractivity contribution in [3.8, 4) is 11.5 Å². The van der Waals surface area contributed by atoms with Gasteiger partial charge >= 0.3 is 0 Å². The highest BCUT2D eigenvalue weighted by atomic mass is 32.2. The van der Waals surface area contributed by atoms with Gasteiger partial charge in [-0.3, -0.25) is 4.79 Å². The van der Waals surface area contributed by atoms with Crippen molar-refractivity contribution in [1.82, 2.24) is 10.3 Å². The normalized spacial score (nSPS) is 17.5. The number of nitrogens with one attached hydrogen (secondary N) is 1. The number of carbonyl (C=O) groups excluding carboxylic acids is 1. The van der Waals surface area contributed by atoms with Crippen LogP contribution in [0, 0.1) is 0 Å². The molecule has 1 aromatic carbocycles. The number of benzene rings is 1. The Morgan fingerprint density at radius 3 is 3.04 bits per heavy atom. The van der Waals surface area contributed by atoms with Gasteiger partial charge < -0.3 is 23.9 Å². The Morgan fingerprint density at radius 2 is 2.21 bits per heavy atom. The minimum atomic E-state index is -0.431. The second-order valence-electron chi connectivity index (χ2n) is 6.55. The fraction of sp³-hybridized carbons (Fsp3) is 0.368. The Kier molecular flexibility index (Phi) is 5.72. The molecule has 2 aliphatic rings. The van der Waals surface area contributed by atoms with Crippen LogP contribution in [0.2, 0.25) is 0 Å². The lowest BCUT2D eigenvalue weighted by Crippen LogP contribution is -2.33. The van der Waals surface area contributed by atoms with Crippen molar-refractivity contribution in [2.45, 2.75) is 37.5 Å². The number of carbonyl (C=O) groups is 1. The fourth-order valence-corrected chi connectivity index (χ4v) is 4.48. The van der Waals surface area contributed by atoms with Crippen LogP contribution in [-0.2, 0) is 21.7 Å². The Balaban J connectivity index is 1.22.